The van der Waals surface area contributed by atoms with E-state index in [0.717, 1.165) is 5.69 Å². The van der Waals surface area contributed by atoms with Crippen LogP contribution in [0.4, 0.5) is 15.8 Å². The summed E-state index contributed by atoms with van der Waals surface area (Å²) in [7, 11) is 0. The molecule has 1 heterocycles. The van der Waals surface area contributed by atoms with E-state index in [1.165, 1.54) is 23.8 Å². The Labute approximate surface area is 163 Å². The van der Waals surface area contributed by atoms with Crippen LogP contribution in [-0.4, -0.2) is 18.4 Å². The molecule has 2 aromatic carbocycles. The zero-order valence-corrected chi connectivity index (χ0v) is 16.3. The van der Waals surface area contributed by atoms with Gasteiger partial charge in [-0.25, -0.2) is 4.39 Å². The van der Waals surface area contributed by atoms with Gasteiger partial charge in [-0.3, -0.25) is 9.59 Å². The zero-order chi connectivity index (χ0) is 19.8. The summed E-state index contributed by atoms with van der Waals surface area (Å²) in [6, 6.07) is 11.8. The number of anilines is 2. The maximum absolute atomic E-state index is 13.2. The smallest absolute Gasteiger partial charge is 0.229 e. The van der Waals surface area contributed by atoms with Crippen LogP contribution in [0.2, 0.25) is 5.02 Å². The molecule has 1 N–H and O–H groups in total. The third-order valence-electron chi connectivity index (χ3n) is 4.73. The molecule has 0 aromatic heterocycles. The number of hydrogen-bond acceptors (Lipinski definition) is 2. The second-order valence-electron chi connectivity index (χ2n) is 7.82. The number of carbonyl (C=O) groups is 2. The maximum Gasteiger partial charge on any atom is 0.229 e. The first kappa shape index (κ1) is 19.4. The Morgan fingerprint density at radius 2 is 1.85 bits per heavy atom. The average Bonchev–Trinajstić information content (AvgIpc) is 2.99. The molecule has 142 valence electrons. The van der Waals surface area contributed by atoms with Crippen molar-refractivity contribution < 1.29 is 14.0 Å². The number of carbonyl (C=O) groups excluding carboxylic acids is 2. The lowest BCUT2D eigenvalue weighted by atomic mass is 9.87. The molecule has 6 heteroatoms. The summed E-state index contributed by atoms with van der Waals surface area (Å²) in [6.45, 7) is 6.70. The highest BCUT2D eigenvalue weighted by molar-refractivity contribution is 6.31. The summed E-state index contributed by atoms with van der Waals surface area (Å²) >= 11 is 5.74. The molecular formula is C21H22ClFN2O2. The van der Waals surface area contributed by atoms with Crippen LogP contribution in [0, 0.1) is 11.7 Å². The monoisotopic (exact) mass is 388 g/mol. The Hall–Kier alpha value is -2.40. The van der Waals surface area contributed by atoms with Gasteiger partial charge in [-0.2, -0.15) is 0 Å². The molecule has 27 heavy (non-hydrogen) atoms. The molecule has 0 radical (unpaired) electrons. The van der Waals surface area contributed by atoms with E-state index in [1.54, 1.807) is 4.90 Å². The summed E-state index contributed by atoms with van der Waals surface area (Å²) in [5.41, 5.74) is 2.41. The standard InChI is InChI=1S/C21H22ClFN2O2/c1-21(2,3)14-4-7-16(8-5-14)25-12-13(10-19(25)26)20(27)24-15-6-9-18(23)17(22)11-15/h4-9,11,13H,10,12H2,1-3H3,(H,24,27). The number of hydrogen-bond donors (Lipinski definition) is 1. The number of amides is 2. The zero-order valence-electron chi connectivity index (χ0n) is 15.6. The summed E-state index contributed by atoms with van der Waals surface area (Å²) < 4.78 is 13.2. The van der Waals surface area contributed by atoms with Crippen molar-refractivity contribution in [2.24, 2.45) is 5.92 Å². The fourth-order valence-electron chi connectivity index (χ4n) is 3.09. The highest BCUT2D eigenvalue weighted by atomic mass is 35.5. The summed E-state index contributed by atoms with van der Waals surface area (Å²) in [6.07, 6.45) is 0.141. The van der Waals surface area contributed by atoms with E-state index in [-0.39, 0.29) is 28.7 Å². The maximum atomic E-state index is 13.2. The summed E-state index contributed by atoms with van der Waals surface area (Å²) in [4.78, 5) is 26.5. The van der Waals surface area contributed by atoms with Crippen LogP contribution in [-0.2, 0) is 15.0 Å². The molecule has 1 atom stereocenters. The van der Waals surface area contributed by atoms with Crippen LogP contribution in [0.1, 0.15) is 32.8 Å². The third-order valence-corrected chi connectivity index (χ3v) is 5.02. The number of nitrogens with one attached hydrogen (secondary N) is 1. The van der Waals surface area contributed by atoms with E-state index in [0.29, 0.717) is 12.2 Å². The van der Waals surface area contributed by atoms with E-state index >= 15 is 0 Å². The second-order valence-corrected chi connectivity index (χ2v) is 8.23. The van der Waals surface area contributed by atoms with Crippen LogP contribution < -0.4 is 10.2 Å². The minimum absolute atomic E-state index is 0.0341. The van der Waals surface area contributed by atoms with Gasteiger partial charge in [0.2, 0.25) is 11.8 Å². The van der Waals surface area contributed by atoms with Gasteiger partial charge in [-0.05, 0) is 41.3 Å². The molecule has 0 bridgehead atoms. The minimum atomic E-state index is -0.546. The van der Waals surface area contributed by atoms with Gasteiger partial charge in [0, 0.05) is 24.3 Å². The molecule has 4 nitrogen and oxygen atoms in total. The SMILES string of the molecule is CC(C)(C)c1ccc(N2CC(C(=O)Nc3ccc(F)c(Cl)c3)CC2=O)cc1. The molecule has 2 aromatic rings. The first-order valence-corrected chi connectivity index (χ1v) is 9.20. The van der Waals surface area contributed by atoms with Crippen LogP contribution in [0.25, 0.3) is 0 Å². The molecule has 0 aliphatic carbocycles. The van der Waals surface area contributed by atoms with E-state index < -0.39 is 11.7 Å². The molecule has 0 saturated carbocycles. The van der Waals surface area contributed by atoms with Crippen molar-refractivity contribution in [3.05, 3.63) is 58.9 Å². The lowest BCUT2D eigenvalue weighted by Crippen LogP contribution is -2.28. The number of halogens is 2. The Balaban J connectivity index is 1.69. The summed E-state index contributed by atoms with van der Waals surface area (Å²) in [5.74, 6) is -1.38. The van der Waals surface area contributed by atoms with E-state index in [9.17, 15) is 14.0 Å². The number of nitrogens with zero attached hydrogens (tertiary/aromatic N) is 1. The Morgan fingerprint density at radius 1 is 1.19 bits per heavy atom. The number of benzene rings is 2. The van der Waals surface area contributed by atoms with Gasteiger partial charge in [0.05, 0.1) is 10.9 Å². The molecule has 2 amide bonds. The van der Waals surface area contributed by atoms with Crippen molar-refractivity contribution in [3.63, 3.8) is 0 Å². The van der Waals surface area contributed by atoms with Crippen molar-refractivity contribution in [2.45, 2.75) is 32.6 Å². The quantitative estimate of drug-likeness (QED) is 0.823. The highest BCUT2D eigenvalue weighted by Gasteiger charge is 2.35. The third kappa shape index (κ3) is 4.30. The predicted molar refractivity (Wildman–Crippen MR) is 106 cm³/mol. The van der Waals surface area contributed by atoms with Crippen molar-refractivity contribution in [2.75, 3.05) is 16.8 Å². The molecular weight excluding hydrogens is 367 g/mol. The first-order valence-electron chi connectivity index (χ1n) is 8.82. The van der Waals surface area contributed by atoms with Gasteiger partial charge in [0.1, 0.15) is 5.82 Å². The first-order chi connectivity index (χ1) is 12.6. The largest absolute Gasteiger partial charge is 0.326 e. The predicted octanol–water partition coefficient (Wildman–Crippen LogP) is 4.77. The molecule has 1 aliphatic heterocycles. The Bertz CT molecular complexity index is 875. The van der Waals surface area contributed by atoms with Crippen LogP contribution in [0.5, 0.6) is 0 Å². The van der Waals surface area contributed by atoms with Crippen LogP contribution in [0.15, 0.2) is 42.5 Å². The lowest BCUT2D eigenvalue weighted by molar-refractivity contribution is -0.122. The fourth-order valence-corrected chi connectivity index (χ4v) is 3.27. The van der Waals surface area contributed by atoms with Crippen molar-refractivity contribution in [1.82, 2.24) is 0 Å². The molecule has 1 aliphatic rings. The summed E-state index contributed by atoms with van der Waals surface area (Å²) in [5, 5.41) is 2.65. The molecule has 1 unspecified atom stereocenters. The van der Waals surface area contributed by atoms with E-state index in [1.807, 2.05) is 24.3 Å². The van der Waals surface area contributed by atoms with E-state index in [2.05, 4.69) is 26.1 Å². The fraction of sp³-hybridized carbons (Fsp3) is 0.333. The number of rotatable bonds is 3. The van der Waals surface area contributed by atoms with Crippen LogP contribution in [0.3, 0.4) is 0 Å². The van der Waals surface area contributed by atoms with Gasteiger partial charge >= 0.3 is 0 Å². The van der Waals surface area contributed by atoms with Crippen LogP contribution >= 0.6 is 11.6 Å². The molecule has 0 spiro atoms. The molecule has 1 saturated heterocycles. The van der Waals surface area contributed by atoms with Gasteiger partial charge in [0.15, 0.2) is 0 Å². The van der Waals surface area contributed by atoms with Crippen molar-refractivity contribution in [3.8, 4) is 0 Å². The minimum Gasteiger partial charge on any atom is -0.326 e. The van der Waals surface area contributed by atoms with Gasteiger partial charge in [-0.1, -0.05) is 44.5 Å². The van der Waals surface area contributed by atoms with Crippen molar-refractivity contribution >= 4 is 34.8 Å². The second kappa shape index (κ2) is 7.31. The Kier molecular flexibility index (Phi) is 5.24. The van der Waals surface area contributed by atoms with Gasteiger partial charge < -0.3 is 10.2 Å². The van der Waals surface area contributed by atoms with E-state index in [4.69, 9.17) is 11.6 Å². The van der Waals surface area contributed by atoms with Crippen molar-refractivity contribution in [1.29, 1.82) is 0 Å². The lowest BCUT2D eigenvalue weighted by Gasteiger charge is -2.21. The van der Waals surface area contributed by atoms with Gasteiger partial charge in [0.25, 0.3) is 0 Å². The topological polar surface area (TPSA) is 49.4 Å². The highest BCUT2D eigenvalue weighted by Crippen LogP contribution is 2.29. The Morgan fingerprint density at radius 3 is 2.44 bits per heavy atom. The molecule has 1 fully saturated rings. The van der Waals surface area contributed by atoms with Gasteiger partial charge in [-0.15, -0.1) is 0 Å². The average molecular weight is 389 g/mol. The molecule has 3 rings (SSSR count). The normalized spacial score (nSPS) is 17.3.